The van der Waals surface area contributed by atoms with Crippen LogP contribution in [0.4, 0.5) is 0 Å². The van der Waals surface area contributed by atoms with E-state index >= 15 is 0 Å². The number of benzene rings is 1. The highest BCUT2D eigenvalue weighted by atomic mass is 16.5. The smallest absolute Gasteiger partial charge is 0.303 e. The summed E-state index contributed by atoms with van der Waals surface area (Å²) in [6.07, 6.45) is 1.26. The van der Waals surface area contributed by atoms with Gasteiger partial charge in [0.1, 0.15) is 11.3 Å². The van der Waals surface area contributed by atoms with E-state index in [2.05, 4.69) is 10.3 Å². The summed E-state index contributed by atoms with van der Waals surface area (Å²) in [5.41, 5.74) is 6.32. The number of fused-ring (bicyclic) bond motifs is 1. The van der Waals surface area contributed by atoms with Crippen LogP contribution in [0.3, 0.4) is 0 Å². The third-order valence-corrected chi connectivity index (χ3v) is 7.19. The second-order valence-corrected chi connectivity index (χ2v) is 9.45. The number of piperidine rings is 1. The number of ether oxygens (including phenoxy) is 1. The predicted octanol–water partition coefficient (Wildman–Crippen LogP) is 0.961. The number of rotatable bonds is 8. The van der Waals surface area contributed by atoms with Gasteiger partial charge in [-0.25, -0.2) is 0 Å². The predicted molar refractivity (Wildman–Crippen MR) is 135 cm³/mol. The van der Waals surface area contributed by atoms with Crippen LogP contribution in [0.2, 0.25) is 0 Å². The van der Waals surface area contributed by atoms with Crippen LogP contribution in [0, 0.1) is 5.92 Å². The molecule has 3 heterocycles. The van der Waals surface area contributed by atoms with Gasteiger partial charge in [0.2, 0.25) is 11.8 Å². The Balaban J connectivity index is 1.62. The molecule has 1 unspecified atom stereocenters. The van der Waals surface area contributed by atoms with Crippen molar-refractivity contribution in [2.45, 2.75) is 31.6 Å². The third kappa shape index (κ3) is 5.66. The number of aliphatic carboxylic acids is 1. The van der Waals surface area contributed by atoms with E-state index in [1.165, 1.54) is 7.11 Å². The molecule has 2 aliphatic rings. The van der Waals surface area contributed by atoms with E-state index in [0.717, 1.165) is 25.9 Å². The number of methoxy groups -OCH3 is 1. The fourth-order valence-electron chi connectivity index (χ4n) is 5.24. The molecule has 1 aromatic heterocycles. The number of carbonyl (C=O) groups excluding carboxylic acids is 3. The van der Waals surface area contributed by atoms with Crippen LogP contribution in [0.5, 0.6) is 5.75 Å². The van der Waals surface area contributed by atoms with E-state index < -0.39 is 17.8 Å². The SMILES string of the molecule is COc1c(C(N)=O)c(C(CCC(=O)O)C(=O)N2CCN(C(=O)C3CCNCC3)CC2)nc2ccccc12. The number of pyridine rings is 1. The van der Waals surface area contributed by atoms with Crippen molar-refractivity contribution >= 4 is 34.6 Å². The Morgan fingerprint density at radius 3 is 2.38 bits per heavy atom. The molecule has 2 aliphatic heterocycles. The molecular formula is C26H33N5O6. The highest BCUT2D eigenvalue weighted by Gasteiger charge is 2.36. The van der Waals surface area contributed by atoms with Crippen molar-refractivity contribution < 1.29 is 29.0 Å². The molecule has 0 radical (unpaired) electrons. The number of amides is 3. The Hall–Kier alpha value is -3.73. The Bertz CT molecular complexity index is 1190. The van der Waals surface area contributed by atoms with Crippen LogP contribution >= 0.6 is 0 Å². The lowest BCUT2D eigenvalue weighted by molar-refractivity contribution is -0.144. The summed E-state index contributed by atoms with van der Waals surface area (Å²) in [5, 5.41) is 13.2. The normalized spacial score (nSPS) is 17.4. The van der Waals surface area contributed by atoms with Crippen molar-refractivity contribution in [3.8, 4) is 5.75 Å². The minimum absolute atomic E-state index is 0.000735. The van der Waals surface area contributed by atoms with Gasteiger partial charge in [0.25, 0.3) is 5.91 Å². The lowest BCUT2D eigenvalue weighted by atomic mass is 9.91. The van der Waals surface area contributed by atoms with Gasteiger partial charge in [-0.3, -0.25) is 24.2 Å². The minimum Gasteiger partial charge on any atom is -0.495 e. The molecule has 0 aliphatic carbocycles. The van der Waals surface area contributed by atoms with E-state index in [-0.39, 0.29) is 47.6 Å². The van der Waals surface area contributed by atoms with Crippen LogP contribution in [0.15, 0.2) is 24.3 Å². The molecule has 4 rings (SSSR count). The molecule has 1 atom stereocenters. The molecule has 198 valence electrons. The molecule has 0 spiro atoms. The Morgan fingerprint density at radius 2 is 1.76 bits per heavy atom. The van der Waals surface area contributed by atoms with Crippen LogP contribution in [-0.2, 0) is 14.4 Å². The molecular weight excluding hydrogens is 478 g/mol. The zero-order valence-corrected chi connectivity index (χ0v) is 20.9. The number of hydrogen-bond donors (Lipinski definition) is 3. The first-order valence-electron chi connectivity index (χ1n) is 12.6. The number of para-hydroxylation sites is 1. The molecule has 11 heteroatoms. The molecule has 4 N–H and O–H groups in total. The Morgan fingerprint density at radius 1 is 1.11 bits per heavy atom. The van der Waals surface area contributed by atoms with E-state index in [1.807, 2.05) is 0 Å². The maximum absolute atomic E-state index is 13.8. The number of piperazine rings is 1. The van der Waals surface area contributed by atoms with Gasteiger partial charge in [-0.05, 0) is 44.5 Å². The highest BCUT2D eigenvalue weighted by molar-refractivity contribution is 6.04. The lowest BCUT2D eigenvalue weighted by Gasteiger charge is -2.38. The van der Waals surface area contributed by atoms with Gasteiger partial charge in [-0.1, -0.05) is 12.1 Å². The van der Waals surface area contributed by atoms with Gasteiger partial charge >= 0.3 is 5.97 Å². The summed E-state index contributed by atoms with van der Waals surface area (Å²) >= 11 is 0. The number of nitrogens with two attached hydrogens (primary N) is 1. The first kappa shape index (κ1) is 26.3. The van der Waals surface area contributed by atoms with Crippen molar-refractivity contribution in [1.82, 2.24) is 20.1 Å². The molecule has 2 aromatic rings. The molecule has 3 amide bonds. The number of carboxylic acids is 1. The number of carboxylic acid groups (broad SMARTS) is 1. The molecule has 11 nitrogen and oxygen atoms in total. The standard InChI is InChI=1S/C26H33N5O6/c1-37-23-17-4-2-3-5-19(17)29-22(21(23)24(27)34)18(6-7-20(32)33)26(36)31-14-12-30(13-15-31)25(35)16-8-10-28-11-9-16/h2-5,16,18,28H,6-15H2,1H3,(H2,27,34)(H,32,33). The summed E-state index contributed by atoms with van der Waals surface area (Å²) in [5.74, 6) is -2.91. The summed E-state index contributed by atoms with van der Waals surface area (Å²) in [6, 6.07) is 7.02. The summed E-state index contributed by atoms with van der Waals surface area (Å²) in [7, 11) is 1.41. The second kappa shape index (κ2) is 11.5. The zero-order valence-electron chi connectivity index (χ0n) is 20.9. The minimum atomic E-state index is -1.07. The van der Waals surface area contributed by atoms with Crippen molar-refractivity contribution in [2.75, 3.05) is 46.4 Å². The van der Waals surface area contributed by atoms with Gasteiger partial charge in [0.15, 0.2) is 0 Å². The quantitative estimate of drug-likeness (QED) is 0.473. The van der Waals surface area contributed by atoms with Gasteiger partial charge < -0.3 is 30.7 Å². The fourth-order valence-corrected chi connectivity index (χ4v) is 5.24. The monoisotopic (exact) mass is 511 g/mol. The lowest BCUT2D eigenvalue weighted by Crippen LogP contribution is -2.53. The van der Waals surface area contributed by atoms with E-state index in [0.29, 0.717) is 37.1 Å². The van der Waals surface area contributed by atoms with Gasteiger partial charge in [0, 0.05) is 43.9 Å². The number of carbonyl (C=O) groups is 4. The van der Waals surface area contributed by atoms with Crippen molar-refractivity contribution in [1.29, 1.82) is 0 Å². The van der Waals surface area contributed by atoms with E-state index in [9.17, 15) is 24.3 Å². The molecule has 1 aromatic carbocycles. The number of primary amides is 1. The van der Waals surface area contributed by atoms with E-state index in [1.54, 1.807) is 34.1 Å². The molecule has 37 heavy (non-hydrogen) atoms. The average molecular weight is 512 g/mol. The summed E-state index contributed by atoms with van der Waals surface area (Å²) in [6.45, 7) is 3.08. The fraction of sp³-hybridized carbons (Fsp3) is 0.500. The third-order valence-electron chi connectivity index (χ3n) is 7.19. The maximum atomic E-state index is 13.8. The van der Waals surface area contributed by atoms with Crippen molar-refractivity contribution in [3.63, 3.8) is 0 Å². The molecule has 2 fully saturated rings. The first-order chi connectivity index (χ1) is 17.8. The van der Waals surface area contributed by atoms with Crippen LogP contribution in [0.25, 0.3) is 10.9 Å². The van der Waals surface area contributed by atoms with Crippen molar-refractivity contribution in [3.05, 3.63) is 35.5 Å². The topological polar surface area (TPSA) is 155 Å². The number of nitrogens with one attached hydrogen (secondary N) is 1. The van der Waals surface area contributed by atoms with Gasteiger partial charge in [-0.15, -0.1) is 0 Å². The maximum Gasteiger partial charge on any atom is 0.303 e. The summed E-state index contributed by atoms with van der Waals surface area (Å²) in [4.78, 5) is 58.8. The van der Waals surface area contributed by atoms with Crippen LogP contribution in [0.1, 0.15) is 47.7 Å². The van der Waals surface area contributed by atoms with Crippen LogP contribution in [-0.4, -0.2) is 90.0 Å². The number of hydrogen-bond acceptors (Lipinski definition) is 7. The van der Waals surface area contributed by atoms with Crippen LogP contribution < -0.4 is 15.8 Å². The molecule has 0 bridgehead atoms. The molecule has 0 saturated carbocycles. The Labute approximate surface area is 214 Å². The Kier molecular flexibility index (Phi) is 8.22. The van der Waals surface area contributed by atoms with Crippen molar-refractivity contribution in [2.24, 2.45) is 11.7 Å². The number of aromatic nitrogens is 1. The second-order valence-electron chi connectivity index (χ2n) is 9.45. The average Bonchev–Trinajstić information content (AvgIpc) is 2.92. The molecule has 2 saturated heterocycles. The number of nitrogens with zero attached hydrogens (tertiary/aromatic N) is 3. The van der Waals surface area contributed by atoms with Gasteiger partial charge in [-0.2, -0.15) is 0 Å². The van der Waals surface area contributed by atoms with Gasteiger partial charge in [0.05, 0.1) is 24.2 Å². The first-order valence-corrected chi connectivity index (χ1v) is 12.6. The zero-order chi connectivity index (χ0) is 26.5. The highest BCUT2D eigenvalue weighted by Crippen LogP contribution is 2.36. The summed E-state index contributed by atoms with van der Waals surface area (Å²) < 4.78 is 5.53. The largest absolute Gasteiger partial charge is 0.495 e. The van der Waals surface area contributed by atoms with E-state index in [4.69, 9.17) is 10.5 Å².